The Morgan fingerprint density at radius 3 is 3.00 bits per heavy atom. The van der Waals surface area contributed by atoms with Gasteiger partial charge in [0.05, 0.1) is 6.10 Å². The highest BCUT2D eigenvalue weighted by Gasteiger charge is 2.28. The van der Waals surface area contributed by atoms with Gasteiger partial charge in [0.15, 0.2) is 0 Å². The number of aromatic nitrogens is 1. The highest BCUT2D eigenvalue weighted by Crippen LogP contribution is 2.39. The van der Waals surface area contributed by atoms with Crippen molar-refractivity contribution in [2.24, 2.45) is 11.8 Å². The smallest absolute Gasteiger partial charge is 0.129 e. The molecule has 1 aromatic heterocycles. The van der Waals surface area contributed by atoms with Gasteiger partial charge in [-0.2, -0.15) is 0 Å². The predicted molar refractivity (Wildman–Crippen MR) is 74.1 cm³/mol. The van der Waals surface area contributed by atoms with Crippen LogP contribution in [0.5, 0.6) is 0 Å². The van der Waals surface area contributed by atoms with Crippen molar-refractivity contribution in [1.82, 2.24) is 4.98 Å². The second kappa shape index (κ2) is 5.70. The molecule has 1 aliphatic rings. The summed E-state index contributed by atoms with van der Waals surface area (Å²) in [5.74, 6) is 1.58. The van der Waals surface area contributed by atoms with Gasteiger partial charge in [0.2, 0.25) is 0 Å². The number of aryl methyl sites for hydroxylation is 1. The van der Waals surface area contributed by atoms with Gasteiger partial charge in [-0.25, -0.2) is 4.98 Å². The second-order valence-corrected chi connectivity index (χ2v) is 5.63. The van der Waals surface area contributed by atoms with Crippen LogP contribution in [-0.4, -0.2) is 10.1 Å². The molecule has 1 aromatic rings. The van der Waals surface area contributed by atoms with Gasteiger partial charge < -0.3 is 10.8 Å². The average molecular weight is 248 g/mol. The average Bonchev–Trinajstić information content (AvgIpc) is 2.41. The first-order valence-electron chi connectivity index (χ1n) is 7.02. The third-order valence-corrected chi connectivity index (χ3v) is 4.25. The van der Waals surface area contributed by atoms with Crippen LogP contribution in [0.4, 0.5) is 5.82 Å². The van der Waals surface area contributed by atoms with Crippen LogP contribution < -0.4 is 5.73 Å². The minimum atomic E-state index is -0.452. The predicted octanol–water partition coefficient (Wildman–Crippen LogP) is 3.22. The van der Waals surface area contributed by atoms with E-state index in [4.69, 9.17) is 5.73 Å². The first-order valence-corrected chi connectivity index (χ1v) is 7.02. The number of aliphatic hydroxyl groups excluding tert-OH is 1. The van der Waals surface area contributed by atoms with Crippen LogP contribution in [0.15, 0.2) is 12.3 Å². The summed E-state index contributed by atoms with van der Waals surface area (Å²) in [7, 11) is 0. The summed E-state index contributed by atoms with van der Waals surface area (Å²) in [6.07, 6.45) is 7.26. The van der Waals surface area contributed by atoms with Crippen LogP contribution in [0.1, 0.15) is 56.3 Å². The lowest BCUT2D eigenvalue weighted by molar-refractivity contribution is 0.0681. The van der Waals surface area contributed by atoms with Gasteiger partial charge in [0.25, 0.3) is 0 Å². The van der Waals surface area contributed by atoms with Crippen molar-refractivity contribution in [3.8, 4) is 0 Å². The fraction of sp³-hybridized carbons (Fsp3) is 0.667. The highest BCUT2D eigenvalue weighted by atomic mass is 16.3. The molecule has 3 N–H and O–H groups in total. The maximum Gasteiger partial charge on any atom is 0.129 e. The van der Waals surface area contributed by atoms with Crippen LogP contribution in [0.25, 0.3) is 0 Å². The van der Waals surface area contributed by atoms with Gasteiger partial charge in [-0.05, 0) is 43.2 Å². The van der Waals surface area contributed by atoms with E-state index in [0.717, 1.165) is 29.9 Å². The van der Waals surface area contributed by atoms with Crippen LogP contribution in [-0.2, 0) is 0 Å². The Bertz CT molecular complexity index is 405. The van der Waals surface area contributed by atoms with E-state index in [-0.39, 0.29) is 0 Å². The van der Waals surface area contributed by atoms with Crippen LogP contribution in [0, 0.1) is 18.8 Å². The number of nitrogen functional groups attached to an aromatic ring is 1. The summed E-state index contributed by atoms with van der Waals surface area (Å²) in [5, 5.41) is 10.5. The lowest BCUT2D eigenvalue weighted by Crippen LogP contribution is -2.22. The summed E-state index contributed by atoms with van der Waals surface area (Å²) < 4.78 is 0. The molecule has 0 radical (unpaired) electrons. The highest BCUT2D eigenvalue weighted by molar-refractivity contribution is 5.42. The maximum absolute atomic E-state index is 10.5. The van der Waals surface area contributed by atoms with Crippen molar-refractivity contribution in [3.63, 3.8) is 0 Å². The number of hydrogen-bond acceptors (Lipinski definition) is 3. The largest absolute Gasteiger partial charge is 0.388 e. The van der Waals surface area contributed by atoms with Crippen molar-refractivity contribution >= 4 is 5.82 Å². The molecule has 0 spiro atoms. The van der Waals surface area contributed by atoms with Gasteiger partial charge in [-0.15, -0.1) is 0 Å². The molecule has 3 unspecified atom stereocenters. The Balaban J connectivity index is 2.14. The summed E-state index contributed by atoms with van der Waals surface area (Å²) in [6.45, 7) is 4.22. The number of pyridine rings is 1. The number of anilines is 1. The van der Waals surface area contributed by atoms with Gasteiger partial charge in [-0.1, -0.05) is 26.2 Å². The first kappa shape index (κ1) is 13.3. The van der Waals surface area contributed by atoms with E-state index >= 15 is 0 Å². The second-order valence-electron chi connectivity index (χ2n) is 5.63. The van der Waals surface area contributed by atoms with E-state index in [0.29, 0.717) is 11.7 Å². The zero-order valence-corrected chi connectivity index (χ0v) is 11.4. The molecule has 1 saturated carbocycles. The Morgan fingerprint density at radius 1 is 1.50 bits per heavy atom. The van der Waals surface area contributed by atoms with Crippen molar-refractivity contribution in [3.05, 3.63) is 23.4 Å². The summed E-state index contributed by atoms with van der Waals surface area (Å²) in [6, 6.07) is 1.97. The van der Waals surface area contributed by atoms with Crippen LogP contribution in [0.2, 0.25) is 0 Å². The number of nitrogens with zero attached hydrogens (tertiary/aromatic N) is 1. The molecule has 18 heavy (non-hydrogen) atoms. The molecule has 100 valence electrons. The van der Waals surface area contributed by atoms with Gasteiger partial charge in [0, 0.05) is 11.8 Å². The van der Waals surface area contributed by atoms with E-state index in [1.54, 1.807) is 6.20 Å². The monoisotopic (exact) mass is 248 g/mol. The normalized spacial score (nSPS) is 25.9. The molecule has 3 heteroatoms. The molecule has 0 aromatic carbocycles. The standard InChI is InChI=1S/C15H24N2O/c1-3-11-5-4-6-12(8-11)14(18)13-7-10(2)9-17-15(13)16/h7,9,11-12,14,18H,3-6,8H2,1-2H3,(H2,16,17). The summed E-state index contributed by atoms with van der Waals surface area (Å²) >= 11 is 0. The van der Waals surface area contributed by atoms with E-state index in [1.165, 1.54) is 19.3 Å². The van der Waals surface area contributed by atoms with Crippen molar-refractivity contribution < 1.29 is 5.11 Å². The molecule has 1 aliphatic carbocycles. The first-order chi connectivity index (χ1) is 8.61. The van der Waals surface area contributed by atoms with Crippen molar-refractivity contribution in [2.45, 2.75) is 52.1 Å². The molecule has 0 saturated heterocycles. The minimum Gasteiger partial charge on any atom is -0.388 e. The molecule has 3 atom stereocenters. The molecule has 3 nitrogen and oxygen atoms in total. The van der Waals surface area contributed by atoms with Gasteiger partial charge in [-0.3, -0.25) is 0 Å². The summed E-state index contributed by atoms with van der Waals surface area (Å²) in [4.78, 5) is 4.15. The molecular formula is C15H24N2O. The Kier molecular flexibility index (Phi) is 4.23. The number of aliphatic hydroxyl groups is 1. The number of rotatable bonds is 3. The van der Waals surface area contributed by atoms with Crippen LogP contribution >= 0.6 is 0 Å². The number of hydrogen-bond donors (Lipinski definition) is 2. The van der Waals surface area contributed by atoms with E-state index in [2.05, 4.69) is 11.9 Å². The van der Waals surface area contributed by atoms with E-state index in [1.807, 2.05) is 13.0 Å². The zero-order chi connectivity index (χ0) is 13.1. The Morgan fingerprint density at radius 2 is 2.28 bits per heavy atom. The SMILES string of the molecule is CCC1CCCC(C(O)c2cc(C)cnc2N)C1. The topological polar surface area (TPSA) is 59.1 Å². The molecule has 1 fully saturated rings. The Labute approximate surface area is 109 Å². The zero-order valence-electron chi connectivity index (χ0n) is 11.4. The fourth-order valence-electron chi connectivity index (χ4n) is 3.08. The maximum atomic E-state index is 10.5. The molecule has 0 aliphatic heterocycles. The molecule has 0 bridgehead atoms. The van der Waals surface area contributed by atoms with Crippen molar-refractivity contribution in [1.29, 1.82) is 0 Å². The molecular weight excluding hydrogens is 224 g/mol. The van der Waals surface area contributed by atoms with Gasteiger partial charge >= 0.3 is 0 Å². The molecule has 1 heterocycles. The molecule has 2 rings (SSSR count). The lowest BCUT2D eigenvalue weighted by Gasteiger charge is -2.32. The van der Waals surface area contributed by atoms with Crippen molar-refractivity contribution in [2.75, 3.05) is 5.73 Å². The third-order valence-electron chi connectivity index (χ3n) is 4.25. The van der Waals surface area contributed by atoms with Crippen LogP contribution in [0.3, 0.4) is 0 Å². The minimum absolute atomic E-state index is 0.342. The van der Waals surface area contributed by atoms with E-state index < -0.39 is 6.10 Å². The van der Waals surface area contributed by atoms with Gasteiger partial charge in [0.1, 0.15) is 5.82 Å². The van der Waals surface area contributed by atoms with E-state index in [9.17, 15) is 5.11 Å². The fourth-order valence-corrected chi connectivity index (χ4v) is 3.08. The summed E-state index contributed by atoms with van der Waals surface area (Å²) in [5.41, 5.74) is 7.77. The quantitative estimate of drug-likeness (QED) is 0.863. The molecule has 0 amide bonds. The number of nitrogens with two attached hydrogens (primary N) is 1. The third kappa shape index (κ3) is 2.83. The Hall–Kier alpha value is -1.09. The lowest BCUT2D eigenvalue weighted by atomic mass is 9.76.